The maximum Gasteiger partial charge on any atom is 0.416 e. The fourth-order valence-electron chi connectivity index (χ4n) is 2.05. The lowest BCUT2D eigenvalue weighted by atomic mass is 10.2. The molecule has 2 rings (SSSR count). The van der Waals surface area contributed by atoms with E-state index < -0.39 is 17.6 Å². The molecule has 0 aliphatic carbocycles. The number of hydrogen-bond acceptors (Lipinski definition) is 4. The zero-order valence-electron chi connectivity index (χ0n) is 13.2. The van der Waals surface area contributed by atoms with Gasteiger partial charge >= 0.3 is 6.18 Å². The van der Waals surface area contributed by atoms with Crippen LogP contribution in [0.15, 0.2) is 29.4 Å². The third kappa shape index (κ3) is 4.73. The number of halogens is 3. The molecule has 0 aliphatic heterocycles. The lowest BCUT2D eigenvalue weighted by molar-refractivity contribution is -0.137. The van der Waals surface area contributed by atoms with Crippen LogP contribution in [0.3, 0.4) is 0 Å². The Morgan fingerprint density at radius 3 is 2.75 bits per heavy atom. The summed E-state index contributed by atoms with van der Waals surface area (Å²) in [5.74, 6) is 0.401. The summed E-state index contributed by atoms with van der Waals surface area (Å²) in [6.07, 6.45) is -3.54. The number of hydrogen-bond donors (Lipinski definition) is 1. The molecule has 1 amide bonds. The number of thioether (sulfide) groups is 1. The van der Waals surface area contributed by atoms with Gasteiger partial charge in [-0.1, -0.05) is 24.8 Å². The number of carbonyl (C=O) groups is 1. The zero-order chi connectivity index (χ0) is 17.7. The highest BCUT2D eigenvalue weighted by Crippen LogP contribution is 2.30. The van der Waals surface area contributed by atoms with E-state index in [2.05, 4.69) is 15.5 Å². The van der Waals surface area contributed by atoms with Gasteiger partial charge < -0.3 is 9.88 Å². The number of amides is 1. The first kappa shape index (κ1) is 18.3. The van der Waals surface area contributed by atoms with E-state index in [4.69, 9.17) is 0 Å². The summed E-state index contributed by atoms with van der Waals surface area (Å²) >= 11 is 1.20. The predicted molar refractivity (Wildman–Crippen MR) is 85.8 cm³/mol. The van der Waals surface area contributed by atoms with E-state index in [1.54, 1.807) is 0 Å². The van der Waals surface area contributed by atoms with Crippen molar-refractivity contribution in [1.29, 1.82) is 0 Å². The average Bonchev–Trinajstić information content (AvgIpc) is 2.86. The molecule has 24 heavy (non-hydrogen) atoms. The van der Waals surface area contributed by atoms with Crippen LogP contribution in [-0.2, 0) is 17.5 Å². The van der Waals surface area contributed by atoms with Gasteiger partial charge in [0.05, 0.1) is 11.3 Å². The Bertz CT molecular complexity index is 715. The summed E-state index contributed by atoms with van der Waals surface area (Å²) in [5.41, 5.74) is -0.687. The highest BCUT2D eigenvalue weighted by Gasteiger charge is 2.30. The number of benzene rings is 1. The summed E-state index contributed by atoms with van der Waals surface area (Å²) in [6.45, 7) is 4.60. The summed E-state index contributed by atoms with van der Waals surface area (Å²) in [7, 11) is 0. The van der Waals surface area contributed by atoms with Crippen molar-refractivity contribution in [1.82, 2.24) is 14.8 Å². The Balaban J connectivity index is 1.97. The molecule has 0 saturated carbocycles. The van der Waals surface area contributed by atoms with Crippen molar-refractivity contribution < 1.29 is 18.0 Å². The van der Waals surface area contributed by atoms with Crippen molar-refractivity contribution in [3.63, 3.8) is 0 Å². The summed E-state index contributed by atoms with van der Waals surface area (Å²) in [5, 5.41) is 11.1. The molecule has 5 nitrogen and oxygen atoms in total. The summed E-state index contributed by atoms with van der Waals surface area (Å²) < 4.78 is 39.9. The van der Waals surface area contributed by atoms with E-state index in [1.165, 1.54) is 23.9 Å². The van der Waals surface area contributed by atoms with Gasteiger partial charge in [0.1, 0.15) is 5.82 Å². The standard InChI is InChI=1S/C15H17F3N4OS/c1-3-7-22-10(2)20-21-14(22)24-9-13(23)19-12-6-4-5-11(8-12)15(16,17)18/h4-6,8H,3,7,9H2,1-2H3,(H,19,23). The molecular formula is C15H17F3N4OS. The number of nitrogens with one attached hydrogen (secondary N) is 1. The molecule has 0 atom stereocenters. The van der Waals surface area contributed by atoms with E-state index >= 15 is 0 Å². The van der Waals surface area contributed by atoms with Crippen LogP contribution in [0.25, 0.3) is 0 Å². The van der Waals surface area contributed by atoms with Gasteiger partial charge in [-0.3, -0.25) is 4.79 Å². The lowest BCUT2D eigenvalue weighted by Gasteiger charge is -2.10. The number of rotatable bonds is 6. The maximum absolute atomic E-state index is 12.7. The van der Waals surface area contributed by atoms with Crippen molar-refractivity contribution in [2.24, 2.45) is 0 Å². The van der Waals surface area contributed by atoms with Gasteiger partial charge in [-0.2, -0.15) is 13.2 Å². The van der Waals surface area contributed by atoms with Gasteiger partial charge in [-0.15, -0.1) is 10.2 Å². The Labute approximate surface area is 141 Å². The van der Waals surface area contributed by atoms with E-state index in [9.17, 15) is 18.0 Å². The molecule has 9 heteroatoms. The number of nitrogens with zero attached hydrogens (tertiary/aromatic N) is 3. The first-order valence-corrected chi connectivity index (χ1v) is 8.29. The van der Waals surface area contributed by atoms with Crippen molar-refractivity contribution in [2.45, 2.75) is 38.1 Å². The van der Waals surface area contributed by atoms with Crippen LogP contribution in [0.1, 0.15) is 24.7 Å². The third-order valence-corrected chi connectivity index (χ3v) is 4.12. The van der Waals surface area contributed by atoms with Crippen LogP contribution < -0.4 is 5.32 Å². The van der Waals surface area contributed by atoms with Gasteiger partial charge in [-0.05, 0) is 31.5 Å². The van der Waals surface area contributed by atoms with Gasteiger partial charge in [-0.25, -0.2) is 0 Å². The normalized spacial score (nSPS) is 11.5. The highest BCUT2D eigenvalue weighted by molar-refractivity contribution is 7.99. The highest BCUT2D eigenvalue weighted by atomic mass is 32.2. The minimum Gasteiger partial charge on any atom is -0.325 e. The maximum atomic E-state index is 12.7. The Kier molecular flexibility index (Phi) is 5.87. The second-order valence-corrected chi connectivity index (χ2v) is 6.04. The number of anilines is 1. The smallest absolute Gasteiger partial charge is 0.325 e. The molecule has 0 saturated heterocycles. The van der Waals surface area contributed by atoms with Gasteiger partial charge in [0, 0.05) is 12.2 Å². The van der Waals surface area contributed by atoms with E-state index in [-0.39, 0.29) is 11.4 Å². The topological polar surface area (TPSA) is 59.8 Å². The van der Waals surface area contributed by atoms with Crippen molar-refractivity contribution >= 4 is 23.4 Å². The van der Waals surface area contributed by atoms with Crippen LogP contribution in [0, 0.1) is 6.92 Å². The van der Waals surface area contributed by atoms with Crippen LogP contribution in [-0.4, -0.2) is 26.4 Å². The number of aromatic nitrogens is 3. The fourth-order valence-corrected chi connectivity index (χ4v) is 2.86. The molecule has 0 spiro atoms. The predicted octanol–water partition coefficient (Wildman–Crippen LogP) is 3.75. The molecule has 0 bridgehead atoms. The molecule has 1 N–H and O–H groups in total. The second kappa shape index (κ2) is 7.69. The largest absolute Gasteiger partial charge is 0.416 e. The minimum atomic E-state index is -4.44. The average molecular weight is 358 g/mol. The molecule has 0 unspecified atom stereocenters. The minimum absolute atomic E-state index is 0.0398. The van der Waals surface area contributed by atoms with Gasteiger partial charge in [0.25, 0.3) is 0 Å². The third-order valence-electron chi connectivity index (χ3n) is 3.16. The molecule has 0 aliphatic rings. The van der Waals surface area contributed by atoms with E-state index in [1.807, 2.05) is 18.4 Å². The van der Waals surface area contributed by atoms with Crippen LogP contribution in [0.4, 0.5) is 18.9 Å². The molecule has 0 fully saturated rings. The van der Waals surface area contributed by atoms with Crippen LogP contribution in [0.5, 0.6) is 0 Å². The second-order valence-electron chi connectivity index (χ2n) is 5.10. The van der Waals surface area contributed by atoms with Crippen molar-refractivity contribution in [3.8, 4) is 0 Å². The first-order chi connectivity index (χ1) is 11.3. The fraction of sp³-hybridized carbons (Fsp3) is 0.400. The Morgan fingerprint density at radius 1 is 1.33 bits per heavy atom. The van der Waals surface area contributed by atoms with Crippen LogP contribution in [0.2, 0.25) is 0 Å². The number of alkyl halides is 3. The number of aryl methyl sites for hydroxylation is 1. The monoisotopic (exact) mass is 358 g/mol. The van der Waals surface area contributed by atoms with Crippen molar-refractivity contribution in [2.75, 3.05) is 11.1 Å². The van der Waals surface area contributed by atoms with Crippen molar-refractivity contribution in [3.05, 3.63) is 35.7 Å². The SMILES string of the molecule is CCCn1c(C)nnc1SCC(=O)Nc1cccc(C(F)(F)F)c1. The zero-order valence-corrected chi connectivity index (χ0v) is 14.0. The Morgan fingerprint density at radius 2 is 2.08 bits per heavy atom. The van der Waals surface area contributed by atoms with Gasteiger partial charge in [0.15, 0.2) is 5.16 Å². The molecule has 2 aromatic rings. The lowest BCUT2D eigenvalue weighted by Crippen LogP contribution is -2.15. The molecule has 130 valence electrons. The van der Waals surface area contributed by atoms with Crippen LogP contribution >= 0.6 is 11.8 Å². The van der Waals surface area contributed by atoms with E-state index in [0.717, 1.165) is 30.9 Å². The first-order valence-electron chi connectivity index (χ1n) is 7.31. The molecule has 1 aromatic carbocycles. The Hall–Kier alpha value is -2.03. The molecule has 1 heterocycles. The van der Waals surface area contributed by atoms with E-state index in [0.29, 0.717) is 5.16 Å². The summed E-state index contributed by atoms with van der Waals surface area (Å²) in [6, 6.07) is 4.54. The molecule has 0 radical (unpaired) electrons. The molecule has 1 aromatic heterocycles. The molecular weight excluding hydrogens is 341 g/mol. The van der Waals surface area contributed by atoms with Gasteiger partial charge in [0.2, 0.25) is 5.91 Å². The summed E-state index contributed by atoms with van der Waals surface area (Å²) in [4.78, 5) is 12.0. The number of carbonyl (C=O) groups excluding carboxylic acids is 1. The quantitative estimate of drug-likeness (QED) is 0.799.